The summed E-state index contributed by atoms with van der Waals surface area (Å²) < 4.78 is 5.60. The number of ether oxygens (including phenoxy) is 1. The van der Waals surface area contributed by atoms with Crippen LogP contribution < -0.4 is 10.2 Å². The van der Waals surface area contributed by atoms with Gasteiger partial charge in [0.1, 0.15) is 0 Å². The zero-order valence-corrected chi connectivity index (χ0v) is 12.6. The minimum atomic E-state index is 0.345. The highest BCUT2D eigenvalue weighted by Crippen LogP contribution is 2.27. The third-order valence-electron chi connectivity index (χ3n) is 4.05. The molecule has 19 heavy (non-hydrogen) atoms. The zero-order chi connectivity index (χ0) is 13.8. The van der Waals surface area contributed by atoms with Crippen molar-refractivity contribution in [3.8, 4) is 0 Å². The molecule has 0 radical (unpaired) electrons. The van der Waals surface area contributed by atoms with Crippen LogP contribution in [0.1, 0.15) is 31.2 Å². The average Bonchev–Trinajstić information content (AvgIpc) is 2.41. The maximum Gasteiger partial charge on any atom is 0.0772 e. The van der Waals surface area contributed by atoms with Crippen LogP contribution in [0.15, 0.2) is 18.2 Å². The van der Waals surface area contributed by atoms with Crippen molar-refractivity contribution in [1.29, 1.82) is 0 Å². The molecule has 1 fully saturated rings. The van der Waals surface area contributed by atoms with Crippen molar-refractivity contribution in [1.82, 2.24) is 0 Å². The van der Waals surface area contributed by atoms with Crippen molar-refractivity contribution in [2.45, 2.75) is 44.8 Å². The minimum Gasteiger partial charge on any atom is -0.380 e. The summed E-state index contributed by atoms with van der Waals surface area (Å²) >= 11 is 0. The van der Waals surface area contributed by atoms with Gasteiger partial charge in [-0.2, -0.15) is 0 Å². The molecule has 3 heteroatoms. The molecule has 2 atom stereocenters. The lowest BCUT2D eigenvalue weighted by Gasteiger charge is -2.32. The van der Waals surface area contributed by atoms with Gasteiger partial charge in [-0.25, -0.2) is 0 Å². The maximum absolute atomic E-state index is 5.60. The van der Waals surface area contributed by atoms with E-state index in [1.54, 1.807) is 0 Å². The zero-order valence-electron chi connectivity index (χ0n) is 12.6. The van der Waals surface area contributed by atoms with Gasteiger partial charge < -0.3 is 15.0 Å². The lowest BCUT2D eigenvalue weighted by Crippen LogP contribution is -2.37. The molecule has 1 aromatic rings. The molecule has 1 N–H and O–H groups in total. The highest BCUT2D eigenvalue weighted by atomic mass is 16.5. The van der Waals surface area contributed by atoms with Crippen LogP contribution in [0.3, 0.4) is 0 Å². The van der Waals surface area contributed by atoms with Crippen molar-refractivity contribution in [3.05, 3.63) is 23.8 Å². The third kappa shape index (κ3) is 3.41. The number of anilines is 2. The Kier molecular flexibility index (Phi) is 4.70. The van der Waals surface area contributed by atoms with Gasteiger partial charge in [0.15, 0.2) is 0 Å². The summed E-state index contributed by atoms with van der Waals surface area (Å²) in [5, 5.41) is 3.65. The van der Waals surface area contributed by atoms with E-state index in [1.807, 2.05) is 7.11 Å². The number of methoxy groups -OCH3 is 1. The summed E-state index contributed by atoms with van der Waals surface area (Å²) in [4.78, 5) is 2.16. The van der Waals surface area contributed by atoms with E-state index in [4.69, 9.17) is 4.74 Å². The Morgan fingerprint density at radius 1 is 1.21 bits per heavy atom. The minimum absolute atomic E-state index is 0.345. The fraction of sp³-hybridized carbons (Fsp3) is 0.625. The number of hydrogen-bond acceptors (Lipinski definition) is 3. The van der Waals surface area contributed by atoms with Crippen molar-refractivity contribution >= 4 is 11.4 Å². The molecule has 0 amide bonds. The molecular weight excluding hydrogens is 236 g/mol. The predicted octanol–water partition coefficient (Wildman–Crippen LogP) is 3.43. The van der Waals surface area contributed by atoms with Crippen LogP contribution in [0, 0.1) is 6.92 Å². The molecular formula is C16H26N2O. The van der Waals surface area contributed by atoms with Crippen molar-refractivity contribution in [3.63, 3.8) is 0 Å². The highest BCUT2D eigenvalue weighted by molar-refractivity contribution is 5.62. The Balaban J connectivity index is 2.11. The van der Waals surface area contributed by atoms with Gasteiger partial charge in [-0.1, -0.05) is 18.9 Å². The van der Waals surface area contributed by atoms with Crippen molar-refractivity contribution in [2.24, 2.45) is 0 Å². The number of hydrogen-bond donors (Lipinski definition) is 1. The molecule has 2 unspecified atom stereocenters. The molecule has 1 aromatic carbocycles. The third-order valence-corrected chi connectivity index (χ3v) is 4.05. The van der Waals surface area contributed by atoms with Gasteiger partial charge in [-0.3, -0.25) is 0 Å². The summed E-state index contributed by atoms with van der Waals surface area (Å²) in [6, 6.07) is 7.03. The number of nitrogens with zero attached hydrogens (tertiary/aromatic N) is 1. The van der Waals surface area contributed by atoms with Crippen LogP contribution in [-0.2, 0) is 4.74 Å². The monoisotopic (exact) mass is 262 g/mol. The van der Waals surface area contributed by atoms with Crippen molar-refractivity contribution < 1.29 is 4.74 Å². The first-order valence-electron chi connectivity index (χ1n) is 7.19. The summed E-state index contributed by atoms with van der Waals surface area (Å²) in [6.45, 7) is 2.15. The molecule has 1 saturated carbocycles. The van der Waals surface area contributed by atoms with Gasteiger partial charge in [0.25, 0.3) is 0 Å². The largest absolute Gasteiger partial charge is 0.380 e. The standard InChI is InChI=1S/C16H26N2O/c1-12-9-10-13(11-15(12)18(2)3)17-14-7-5-6-8-16(14)19-4/h9-11,14,16-17H,5-8H2,1-4H3. The highest BCUT2D eigenvalue weighted by Gasteiger charge is 2.24. The maximum atomic E-state index is 5.60. The normalized spacial score (nSPS) is 23.2. The lowest BCUT2D eigenvalue weighted by atomic mass is 9.92. The van der Waals surface area contributed by atoms with E-state index in [2.05, 4.69) is 49.4 Å². The van der Waals surface area contributed by atoms with E-state index in [1.165, 1.54) is 42.6 Å². The quantitative estimate of drug-likeness (QED) is 0.899. The average molecular weight is 262 g/mol. The Hall–Kier alpha value is -1.22. The van der Waals surface area contributed by atoms with Crippen LogP contribution in [0.4, 0.5) is 11.4 Å². The Labute approximate surface area is 116 Å². The molecule has 0 bridgehead atoms. The molecule has 0 aromatic heterocycles. The van der Waals surface area contributed by atoms with Gasteiger partial charge in [-0.05, 0) is 37.5 Å². The molecule has 0 aliphatic heterocycles. The number of nitrogens with one attached hydrogen (secondary N) is 1. The molecule has 1 aliphatic rings. The second-order valence-electron chi connectivity index (χ2n) is 5.71. The molecule has 106 valence electrons. The van der Waals surface area contributed by atoms with Crippen molar-refractivity contribution in [2.75, 3.05) is 31.4 Å². The first-order chi connectivity index (χ1) is 9.11. The number of benzene rings is 1. The topological polar surface area (TPSA) is 24.5 Å². The first-order valence-corrected chi connectivity index (χ1v) is 7.19. The van der Waals surface area contributed by atoms with Gasteiger partial charge in [0.2, 0.25) is 0 Å². The fourth-order valence-corrected chi connectivity index (χ4v) is 2.94. The van der Waals surface area contributed by atoms with Crippen LogP contribution >= 0.6 is 0 Å². The second-order valence-corrected chi connectivity index (χ2v) is 5.71. The fourth-order valence-electron chi connectivity index (χ4n) is 2.94. The second kappa shape index (κ2) is 6.29. The lowest BCUT2D eigenvalue weighted by molar-refractivity contribution is 0.0606. The van der Waals surface area contributed by atoms with E-state index < -0.39 is 0 Å². The van der Waals surface area contributed by atoms with E-state index >= 15 is 0 Å². The summed E-state index contributed by atoms with van der Waals surface area (Å²) in [5.74, 6) is 0. The van der Waals surface area contributed by atoms with E-state index in [0.29, 0.717) is 12.1 Å². The van der Waals surface area contributed by atoms with Crippen LogP contribution in [0.2, 0.25) is 0 Å². The molecule has 0 spiro atoms. The van der Waals surface area contributed by atoms with Gasteiger partial charge in [0.05, 0.1) is 12.1 Å². The van der Waals surface area contributed by atoms with Gasteiger partial charge >= 0.3 is 0 Å². The molecule has 1 aliphatic carbocycles. The summed E-state index contributed by atoms with van der Waals surface area (Å²) in [5.41, 5.74) is 3.78. The van der Waals surface area contributed by atoms with Gasteiger partial charge in [0, 0.05) is 32.6 Å². The molecule has 2 rings (SSSR count). The van der Waals surface area contributed by atoms with E-state index in [0.717, 1.165) is 0 Å². The van der Waals surface area contributed by atoms with Gasteiger partial charge in [-0.15, -0.1) is 0 Å². The van der Waals surface area contributed by atoms with E-state index in [9.17, 15) is 0 Å². The Morgan fingerprint density at radius 3 is 2.63 bits per heavy atom. The molecule has 0 saturated heterocycles. The predicted molar refractivity (Wildman–Crippen MR) is 82.2 cm³/mol. The molecule has 3 nitrogen and oxygen atoms in total. The molecule has 0 heterocycles. The first kappa shape index (κ1) is 14.2. The Bertz CT molecular complexity index is 417. The van der Waals surface area contributed by atoms with Crippen LogP contribution in [0.25, 0.3) is 0 Å². The van der Waals surface area contributed by atoms with E-state index in [-0.39, 0.29) is 0 Å². The number of aryl methyl sites for hydroxylation is 1. The Morgan fingerprint density at radius 2 is 1.95 bits per heavy atom. The summed E-state index contributed by atoms with van der Waals surface area (Å²) in [7, 11) is 6.00. The summed E-state index contributed by atoms with van der Waals surface area (Å²) in [6.07, 6.45) is 5.29. The SMILES string of the molecule is COC1CCCCC1Nc1ccc(C)c(N(C)C)c1. The smallest absolute Gasteiger partial charge is 0.0772 e. The van der Waals surface area contributed by atoms with Crippen LogP contribution in [0.5, 0.6) is 0 Å². The van der Waals surface area contributed by atoms with Crippen LogP contribution in [-0.4, -0.2) is 33.4 Å². The number of rotatable bonds is 4.